The summed E-state index contributed by atoms with van der Waals surface area (Å²) < 4.78 is 5.37. The maximum absolute atomic E-state index is 6.02. The van der Waals surface area contributed by atoms with Gasteiger partial charge < -0.3 is 10.3 Å². The van der Waals surface area contributed by atoms with Crippen molar-refractivity contribution in [1.82, 2.24) is 10.1 Å². The summed E-state index contributed by atoms with van der Waals surface area (Å²) in [6.07, 6.45) is 4.72. The molecule has 1 aromatic heterocycles. The van der Waals surface area contributed by atoms with Gasteiger partial charge >= 0.3 is 0 Å². The normalized spacial score (nSPS) is 22.9. The topological polar surface area (TPSA) is 64.9 Å². The monoisotopic (exact) mass is 291 g/mol. The molecule has 1 heterocycles. The van der Waals surface area contributed by atoms with E-state index in [2.05, 4.69) is 17.1 Å². The van der Waals surface area contributed by atoms with Crippen LogP contribution in [-0.2, 0) is 0 Å². The number of benzene rings is 1. The van der Waals surface area contributed by atoms with E-state index in [1.807, 2.05) is 12.1 Å². The van der Waals surface area contributed by atoms with Crippen LogP contribution in [0.2, 0.25) is 5.02 Å². The number of para-hydroxylation sites is 1. The van der Waals surface area contributed by atoms with Crippen LogP contribution in [0.4, 0.5) is 5.69 Å². The van der Waals surface area contributed by atoms with Gasteiger partial charge in [0.05, 0.1) is 16.3 Å². The summed E-state index contributed by atoms with van der Waals surface area (Å²) in [6, 6.07) is 5.43. The molecule has 1 saturated carbocycles. The molecule has 1 aliphatic carbocycles. The summed E-state index contributed by atoms with van der Waals surface area (Å²) in [5.74, 6) is 2.47. The lowest BCUT2D eigenvalue weighted by Crippen LogP contribution is -2.11. The number of nitrogen functional groups attached to an aromatic ring is 1. The summed E-state index contributed by atoms with van der Waals surface area (Å²) >= 11 is 6.02. The fourth-order valence-corrected chi connectivity index (χ4v) is 2.93. The lowest BCUT2D eigenvalue weighted by Gasteiger charge is -2.23. The van der Waals surface area contributed by atoms with Crippen LogP contribution in [0, 0.1) is 5.92 Å². The Balaban J connectivity index is 1.85. The number of rotatable bonds is 2. The predicted molar refractivity (Wildman–Crippen MR) is 79.5 cm³/mol. The first kappa shape index (κ1) is 13.4. The van der Waals surface area contributed by atoms with Crippen LogP contribution in [0.5, 0.6) is 0 Å². The maximum atomic E-state index is 6.02. The first-order chi connectivity index (χ1) is 9.65. The molecule has 106 valence electrons. The minimum atomic E-state index is 0.407. The zero-order chi connectivity index (χ0) is 14.1. The van der Waals surface area contributed by atoms with Gasteiger partial charge in [-0.05, 0) is 30.9 Å². The van der Waals surface area contributed by atoms with Gasteiger partial charge in [-0.15, -0.1) is 0 Å². The van der Waals surface area contributed by atoms with Crippen LogP contribution in [0.15, 0.2) is 22.7 Å². The molecule has 1 fully saturated rings. The van der Waals surface area contributed by atoms with Gasteiger partial charge in [0.1, 0.15) is 0 Å². The standard InChI is InChI=1S/C15H18ClN3O/c1-9-5-7-10(8-6-9)14-18-15(20-19-14)11-3-2-4-12(16)13(11)17/h2-4,9-10H,5-8,17H2,1H3. The number of nitrogens with zero attached hydrogens (tertiary/aromatic N) is 2. The van der Waals surface area contributed by atoms with Gasteiger partial charge in [-0.2, -0.15) is 4.98 Å². The average molecular weight is 292 g/mol. The van der Waals surface area contributed by atoms with Gasteiger partial charge in [0.25, 0.3) is 5.89 Å². The summed E-state index contributed by atoms with van der Waals surface area (Å²) in [6.45, 7) is 2.30. The second kappa shape index (κ2) is 5.44. The second-order valence-corrected chi connectivity index (χ2v) is 6.02. The third-order valence-electron chi connectivity index (χ3n) is 4.11. The fourth-order valence-electron chi connectivity index (χ4n) is 2.75. The first-order valence-corrected chi connectivity index (χ1v) is 7.41. The number of hydrogen-bond donors (Lipinski definition) is 1. The smallest absolute Gasteiger partial charge is 0.260 e. The Morgan fingerprint density at radius 1 is 1.25 bits per heavy atom. The first-order valence-electron chi connectivity index (χ1n) is 7.03. The van der Waals surface area contributed by atoms with Gasteiger partial charge in [-0.3, -0.25) is 0 Å². The molecule has 0 saturated heterocycles. The molecule has 0 bridgehead atoms. The van der Waals surface area contributed by atoms with Crippen molar-refractivity contribution in [2.75, 3.05) is 5.73 Å². The Hall–Kier alpha value is -1.55. The molecule has 3 rings (SSSR count). The van der Waals surface area contributed by atoms with Crippen molar-refractivity contribution >= 4 is 17.3 Å². The molecule has 5 heteroatoms. The highest BCUT2D eigenvalue weighted by Crippen LogP contribution is 2.36. The molecule has 0 atom stereocenters. The number of nitrogens with two attached hydrogens (primary N) is 1. The van der Waals surface area contributed by atoms with Crippen LogP contribution < -0.4 is 5.73 Å². The molecule has 1 aromatic carbocycles. The van der Waals surface area contributed by atoms with Crippen molar-refractivity contribution in [3.8, 4) is 11.5 Å². The Labute approximate surface area is 123 Å². The number of hydrogen-bond acceptors (Lipinski definition) is 4. The Bertz CT molecular complexity index is 603. The Kier molecular flexibility index (Phi) is 3.66. The third kappa shape index (κ3) is 2.52. The molecular weight excluding hydrogens is 274 g/mol. The van der Waals surface area contributed by atoms with Crippen molar-refractivity contribution in [3.05, 3.63) is 29.0 Å². The maximum Gasteiger partial charge on any atom is 0.260 e. The zero-order valence-corrected chi connectivity index (χ0v) is 12.2. The molecule has 0 spiro atoms. The molecular formula is C15H18ClN3O. The lowest BCUT2D eigenvalue weighted by molar-refractivity contribution is 0.329. The van der Waals surface area contributed by atoms with E-state index in [4.69, 9.17) is 21.9 Å². The Morgan fingerprint density at radius 3 is 2.75 bits per heavy atom. The largest absolute Gasteiger partial charge is 0.397 e. The van der Waals surface area contributed by atoms with E-state index < -0.39 is 0 Å². The van der Waals surface area contributed by atoms with E-state index in [9.17, 15) is 0 Å². The number of aromatic nitrogens is 2. The van der Waals surface area contributed by atoms with Crippen LogP contribution >= 0.6 is 11.6 Å². The van der Waals surface area contributed by atoms with Crippen LogP contribution in [0.3, 0.4) is 0 Å². The molecule has 0 amide bonds. The minimum Gasteiger partial charge on any atom is -0.397 e. The van der Waals surface area contributed by atoms with Gasteiger partial charge in [0, 0.05) is 5.92 Å². The highest BCUT2D eigenvalue weighted by atomic mass is 35.5. The number of anilines is 1. The zero-order valence-electron chi connectivity index (χ0n) is 11.5. The highest BCUT2D eigenvalue weighted by Gasteiger charge is 2.24. The molecule has 1 aliphatic rings. The SMILES string of the molecule is CC1CCC(c2noc(-c3cccc(Cl)c3N)n2)CC1. The lowest BCUT2D eigenvalue weighted by atomic mass is 9.83. The third-order valence-corrected chi connectivity index (χ3v) is 4.44. The summed E-state index contributed by atoms with van der Waals surface area (Å²) in [7, 11) is 0. The second-order valence-electron chi connectivity index (χ2n) is 5.62. The van der Waals surface area contributed by atoms with Gasteiger partial charge in [-0.25, -0.2) is 0 Å². The predicted octanol–water partition coefficient (Wildman–Crippen LogP) is 4.27. The van der Waals surface area contributed by atoms with Crippen LogP contribution in [-0.4, -0.2) is 10.1 Å². The molecule has 0 unspecified atom stereocenters. The van der Waals surface area contributed by atoms with E-state index in [0.717, 1.165) is 24.6 Å². The highest BCUT2D eigenvalue weighted by molar-refractivity contribution is 6.33. The van der Waals surface area contributed by atoms with E-state index >= 15 is 0 Å². The summed E-state index contributed by atoms with van der Waals surface area (Å²) in [5.41, 5.74) is 7.16. The van der Waals surface area contributed by atoms with E-state index in [0.29, 0.717) is 28.1 Å². The van der Waals surface area contributed by atoms with E-state index in [1.165, 1.54) is 12.8 Å². The van der Waals surface area contributed by atoms with Gasteiger partial charge in [-0.1, -0.05) is 42.6 Å². The Morgan fingerprint density at radius 2 is 2.00 bits per heavy atom. The molecule has 0 aliphatic heterocycles. The van der Waals surface area contributed by atoms with Crippen molar-refractivity contribution in [3.63, 3.8) is 0 Å². The fraction of sp³-hybridized carbons (Fsp3) is 0.467. The van der Waals surface area contributed by atoms with Crippen molar-refractivity contribution in [2.24, 2.45) is 5.92 Å². The molecule has 20 heavy (non-hydrogen) atoms. The van der Waals surface area contributed by atoms with Crippen molar-refractivity contribution in [1.29, 1.82) is 0 Å². The van der Waals surface area contributed by atoms with Crippen molar-refractivity contribution < 1.29 is 4.52 Å². The quantitative estimate of drug-likeness (QED) is 0.839. The molecule has 2 aromatic rings. The molecule has 2 N–H and O–H groups in total. The van der Waals surface area contributed by atoms with Gasteiger partial charge in [0.2, 0.25) is 0 Å². The minimum absolute atomic E-state index is 0.407. The van der Waals surface area contributed by atoms with Crippen molar-refractivity contribution in [2.45, 2.75) is 38.5 Å². The number of halogens is 1. The molecule has 0 radical (unpaired) electrons. The van der Waals surface area contributed by atoms with Crippen LogP contribution in [0.25, 0.3) is 11.5 Å². The summed E-state index contributed by atoms with van der Waals surface area (Å²) in [4.78, 5) is 4.51. The van der Waals surface area contributed by atoms with Crippen LogP contribution in [0.1, 0.15) is 44.3 Å². The van der Waals surface area contributed by atoms with E-state index in [-0.39, 0.29) is 0 Å². The summed E-state index contributed by atoms with van der Waals surface area (Å²) in [5, 5.41) is 4.64. The van der Waals surface area contributed by atoms with E-state index in [1.54, 1.807) is 6.07 Å². The average Bonchev–Trinajstić information content (AvgIpc) is 2.92. The molecule has 4 nitrogen and oxygen atoms in total. The van der Waals surface area contributed by atoms with Gasteiger partial charge in [0.15, 0.2) is 5.82 Å².